The third-order valence-electron chi connectivity index (χ3n) is 3.11. The molecule has 3 aromatic rings. The van der Waals surface area contributed by atoms with Crippen molar-refractivity contribution >= 4 is 32.9 Å². The first-order chi connectivity index (χ1) is 10.9. The van der Waals surface area contributed by atoms with Crippen LogP contribution in [0.4, 0.5) is 0 Å². The number of hydrogen-bond acceptors (Lipinski definition) is 7. The number of sulfone groups is 1. The highest BCUT2D eigenvalue weighted by atomic mass is 32.2. The fourth-order valence-corrected chi connectivity index (χ4v) is 4.72. The molecule has 0 bridgehead atoms. The van der Waals surface area contributed by atoms with Gasteiger partial charge in [0.25, 0.3) is 0 Å². The predicted octanol–water partition coefficient (Wildman–Crippen LogP) is 2.63. The number of benzene rings is 1. The van der Waals surface area contributed by atoms with E-state index in [2.05, 4.69) is 27.3 Å². The van der Waals surface area contributed by atoms with Crippen LogP contribution in [0.5, 0.6) is 0 Å². The molecule has 0 aliphatic rings. The van der Waals surface area contributed by atoms with Crippen LogP contribution in [-0.4, -0.2) is 34.4 Å². The smallest absolute Gasteiger partial charge is 0.227 e. The lowest BCUT2D eigenvalue weighted by Crippen LogP contribution is -2.06. The molecular weight excluding hydrogens is 352 g/mol. The van der Waals surface area contributed by atoms with E-state index in [1.165, 1.54) is 27.7 Å². The van der Waals surface area contributed by atoms with Gasteiger partial charge in [-0.3, -0.25) is 0 Å². The monoisotopic (exact) mass is 366 g/mol. The fourth-order valence-electron chi connectivity index (χ4n) is 2.03. The molecule has 6 nitrogen and oxygen atoms in total. The molecule has 2 aromatic heterocycles. The third kappa shape index (κ3) is 3.62. The largest absolute Gasteiger partial charge is 0.316 e. The van der Waals surface area contributed by atoms with Crippen LogP contribution in [0.2, 0.25) is 0 Å². The van der Waals surface area contributed by atoms with Gasteiger partial charge in [0.1, 0.15) is 0 Å². The Morgan fingerprint density at radius 2 is 1.96 bits per heavy atom. The average molecular weight is 366 g/mol. The van der Waals surface area contributed by atoms with Gasteiger partial charge in [-0.2, -0.15) is 0 Å². The van der Waals surface area contributed by atoms with Gasteiger partial charge in [0.15, 0.2) is 9.35 Å². The minimum absolute atomic E-state index is 0.0289. The van der Waals surface area contributed by atoms with Gasteiger partial charge in [0.05, 0.1) is 11.9 Å². The van der Waals surface area contributed by atoms with Crippen LogP contribution in [0.25, 0.3) is 10.7 Å². The van der Waals surface area contributed by atoms with Crippen molar-refractivity contribution in [3.8, 4) is 10.7 Å². The summed E-state index contributed by atoms with van der Waals surface area (Å²) >= 11 is 3.03. The summed E-state index contributed by atoms with van der Waals surface area (Å²) < 4.78 is 25.7. The SMILES string of the molecule is Cn1c(-c2nnc(SCc3ccccc3)s2)cnc1S(C)(=O)=O. The second-order valence-electron chi connectivity index (χ2n) is 4.90. The Labute approximate surface area is 142 Å². The molecule has 0 atom stereocenters. The van der Waals surface area contributed by atoms with Crippen LogP contribution in [0.1, 0.15) is 5.56 Å². The Morgan fingerprint density at radius 1 is 1.22 bits per heavy atom. The number of imidazole rings is 1. The number of nitrogens with zero attached hydrogens (tertiary/aromatic N) is 4. The summed E-state index contributed by atoms with van der Waals surface area (Å²) in [7, 11) is -1.69. The van der Waals surface area contributed by atoms with E-state index in [-0.39, 0.29) is 5.16 Å². The van der Waals surface area contributed by atoms with E-state index in [1.807, 2.05) is 18.2 Å². The van der Waals surface area contributed by atoms with Crippen molar-refractivity contribution in [2.45, 2.75) is 15.2 Å². The van der Waals surface area contributed by atoms with Gasteiger partial charge in [-0.15, -0.1) is 10.2 Å². The molecule has 0 spiro atoms. The van der Waals surface area contributed by atoms with Crippen molar-refractivity contribution in [1.82, 2.24) is 19.7 Å². The molecule has 0 saturated carbocycles. The maximum Gasteiger partial charge on any atom is 0.227 e. The summed E-state index contributed by atoms with van der Waals surface area (Å²) in [5.41, 5.74) is 1.86. The van der Waals surface area contributed by atoms with E-state index in [1.54, 1.807) is 18.8 Å². The molecule has 0 amide bonds. The van der Waals surface area contributed by atoms with E-state index in [9.17, 15) is 8.42 Å². The zero-order valence-corrected chi connectivity index (χ0v) is 15.0. The molecule has 0 N–H and O–H groups in total. The fraction of sp³-hybridized carbons (Fsp3) is 0.214. The summed E-state index contributed by atoms with van der Waals surface area (Å²) in [6, 6.07) is 10.1. The first kappa shape index (κ1) is 16.2. The van der Waals surface area contributed by atoms with Crippen LogP contribution in [0, 0.1) is 0 Å². The predicted molar refractivity (Wildman–Crippen MR) is 91.2 cm³/mol. The normalized spacial score (nSPS) is 11.7. The highest BCUT2D eigenvalue weighted by Crippen LogP contribution is 2.31. The van der Waals surface area contributed by atoms with Crippen molar-refractivity contribution in [2.75, 3.05) is 6.26 Å². The maximum absolute atomic E-state index is 11.6. The Bertz CT molecular complexity index is 917. The molecule has 9 heteroatoms. The van der Waals surface area contributed by atoms with Crippen LogP contribution in [0.3, 0.4) is 0 Å². The summed E-state index contributed by atoms with van der Waals surface area (Å²) in [5, 5.41) is 8.99. The molecule has 0 radical (unpaired) electrons. The minimum atomic E-state index is -3.36. The van der Waals surface area contributed by atoms with Crippen LogP contribution in [-0.2, 0) is 22.6 Å². The van der Waals surface area contributed by atoms with Crippen molar-refractivity contribution in [3.63, 3.8) is 0 Å². The zero-order valence-electron chi connectivity index (χ0n) is 12.5. The van der Waals surface area contributed by atoms with E-state index in [0.29, 0.717) is 10.7 Å². The standard InChI is InChI=1S/C14H14N4O2S3/c1-18-11(8-15-13(18)23(2,19)20)12-16-17-14(22-12)21-9-10-6-4-3-5-7-10/h3-8H,9H2,1-2H3. The first-order valence-corrected chi connectivity index (χ1v) is 10.4. The van der Waals surface area contributed by atoms with Gasteiger partial charge in [-0.25, -0.2) is 13.4 Å². The van der Waals surface area contributed by atoms with Crippen molar-refractivity contribution < 1.29 is 8.42 Å². The van der Waals surface area contributed by atoms with Gasteiger partial charge >= 0.3 is 0 Å². The summed E-state index contributed by atoms with van der Waals surface area (Å²) in [5.74, 6) is 0.815. The zero-order chi connectivity index (χ0) is 16.4. The topological polar surface area (TPSA) is 77.7 Å². The van der Waals surface area contributed by atoms with Gasteiger partial charge in [0.2, 0.25) is 15.0 Å². The Morgan fingerprint density at radius 3 is 2.61 bits per heavy atom. The van der Waals surface area contributed by atoms with Gasteiger partial charge in [0, 0.05) is 19.1 Å². The third-order valence-corrected chi connectivity index (χ3v) is 6.30. The molecule has 1 aromatic carbocycles. The van der Waals surface area contributed by atoms with E-state index in [0.717, 1.165) is 16.3 Å². The molecular formula is C14H14N4O2S3. The Balaban J connectivity index is 1.79. The lowest BCUT2D eigenvalue weighted by Gasteiger charge is -2.00. The summed E-state index contributed by atoms with van der Waals surface area (Å²) in [4.78, 5) is 3.97. The number of rotatable bonds is 5. The molecule has 0 unspecified atom stereocenters. The molecule has 23 heavy (non-hydrogen) atoms. The highest BCUT2D eigenvalue weighted by Gasteiger charge is 2.19. The van der Waals surface area contributed by atoms with E-state index >= 15 is 0 Å². The van der Waals surface area contributed by atoms with Gasteiger partial charge < -0.3 is 4.57 Å². The van der Waals surface area contributed by atoms with Crippen molar-refractivity contribution in [2.24, 2.45) is 7.05 Å². The van der Waals surface area contributed by atoms with E-state index < -0.39 is 9.84 Å². The molecule has 0 aliphatic heterocycles. The molecule has 0 saturated heterocycles. The van der Waals surface area contributed by atoms with Crippen LogP contribution >= 0.6 is 23.1 Å². The molecule has 0 fully saturated rings. The minimum Gasteiger partial charge on any atom is -0.316 e. The second kappa shape index (κ2) is 6.42. The van der Waals surface area contributed by atoms with E-state index in [4.69, 9.17) is 0 Å². The molecule has 120 valence electrons. The van der Waals surface area contributed by atoms with Crippen molar-refractivity contribution in [1.29, 1.82) is 0 Å². The first-order valence-electron chi connectivity index (χ1n) is 6.67. The van der Waals surface area contributed by atoms with Crippen molar-refractivity contribution in [3.05, 3.63) is 42.1 Å². The molecule has 0 aliphatic carbocycles. The quantitative estimate of drug-likeness (QED) is 0.646. The highest BCUT2D eigenvalue weighted by molar-refractivity contribution is 8.00. The van der Waals surface area contributed by atoms with Gasteiger partial charge in [-0.1, -0.05) is 53.4 Å². The number of aromatic nitrogens is 4. The summed E-state index contributed by atoms with van der Waals surface area (Å²) in [6.45, 7) is 0. The molecule has 2 heterocycles. The lowest BCUT2D eigenvalue weighted by atomic mass is 10.2. The Hall–Kier alpha value is -1.71. The van der Waals surface area contributed by atoms with Gasteiger partial charge in [-0.05, 0) is 5.56 Å². The second-order valence-corrected chi connectivity index (χ2v) is 9.01. The van der Waals surface area contributed by atoms with Crippen LogP contribution < -0.4 is 0 Å². The number of hydrogen-bond donors (Lipinski definition) is 0. The summed E-state index contributed by atoms with van der Waals surface area (Å²) in [6.07, 6.45) is 2.66. The lowest BCUT2D eigenvalue weighted by molar-refractivity contribution is 0.585. The average Bonchev–Trinajstić information content (AvgIpc) is 3.12. The van der Waals surface area contributed by atoms with Crippen LogP contribution in [0.15, 0.2) is 46.0 Å². The number of thioether (sulfide) groups is 1. The maximum atomic E-state index is 11.6. The Kier molecular flexibility index (Phi) is 4.51. The molecule has 3 rings (SSSR count).